The quantitative estimate of drug-likeness (QED) is 0.828. The summed E-state index contributed by atoms with van der Waals surface area (Å²) < 4.78 is 0. The van der Waals surface area contributed by atoms with Crippen LogP contribution >= 0.6 is 0 Å². The van der Waals surface area contributed by atoms with E-state index in [1.165, 1.54) is 38.0 Å². The molecule has 0 atom stereocenters. The largest absolute Gasteiger partial charge is 0.356 e. The SMILES string of the molecule is CCc1cnc(C)nc1N1CCC2(CC1)CN(C)CCN2C. The topological polar surface area (TPSA) is 35.5 Å². The molecule has 5 heteroatoms. The molecule has 122 valence electrons. The zero-order chi connectivity index (χ0) is 15.7. The molecule has 22 heavy (non-hydrogen) atoms. The first-order valence-corrected chi connectivity index (χ1v) is 8.51. The molecule has 1 aromatic heterocycles. The lowest BCUT2D eigenvalue weighted by molar-refractivity contribution is 0.00935. The molecular formula is C17H29N5. The van der Waals surface area contributed by atoms with Gasteiger partial charge in [0.2, 0.25) is 0 Å². The molecule has 0 aromatic carbocycles. The Labute approximate surface area is 134 Å². The Morgan fingerprint density at radius 1 is 1.14 bits per heavy atom. The van der Waals surface area contributed by atoms with E-state index in [-0.39, 0.29) is 0 Å². The number of nitrogens with zero attached hydrogens (tertiary/aromatic N) is 5. The van der Waals surface area contributed by atoms with Gasteiger partial charge in [0.1, 0.15) is 11.6 Å². The highest BCUT2D eigenvalue weighted by molar-refractivity contribution is 5.46. The molecule has 0 unspecified atom stereocenters. The number of anilines is 1. The number of hydrogen-bond donors (Lipinski definition) is 0. The van der Waals surface area contributed by atoms with Gasteiger partial charge in [0.25, 0.3) is 0 Å². The summed E-state index contributed by atoms with van der Waals surface area (Å²) in [5, 5.41) is 0. The lowest BCUT2D eigenvalue weighted by Crippen LogP contribution is -2.63. The Bertz CT molecular complexity index is 522. The van der Waals surface area contributed by atoms with E-state index < -0.39 is 0 Å². The van der Waals surface area contributed by atoms with Crippen LogP contribution in [0.3, 0.4) is 0 Å². The van der Waals surface area contributed by atoms with Gasteiger partial charge in [-0.1, -0.05) is 6.92 Å². The number of rotatable bonds is 2. The van der Waals surface area contributed by atoms with Crippen LogP contribution in [0.5, 0.6) is 0 Å². The van der Waals surface area contributed by atoms with Gasteiger partial charge >= 0.3 is 0 Å². The molecule has 1 aromatic rings. The molecular weight excluding hydrogens is 274 g/mol. The van der Waals surface area contributed by atoms with Gasteiger partial charge in [0.05, 0.1) is 0 Å². The summed E-state index contributed by atoms with van der Waals surface area (Å²) in [5.74, 6) is 2.04. The summed E-state index contributed by atoms with van der Waals surface area (Å²) in [6.07, 6.45) is 5.45. The van der Waals surface area contributed by atoms with Crippen molar-refractivity contribution >= 4 is 5.82 Å². The third-order valence-electron chi connectivity index (χ3n) is 5.53. The second-order valence-corrected chi connectivity index (χ2v) is 6.99. The Morgan fingerprint density at radius 2 is 1.86 bits per heavy atom. The minimum Gasteiger partial charge on any atom is -0.356 e. The van der Waals surface area contributed by atoms with Gasteiger partial charge < -0.3 is 9.80 Å². The number of aromatic nitrogens is 2. The van der Waals surface area contributed by atoms with Crippen LogP contribution in [0.2, 0.25) is 0 Å². The molecule has 0 bridgehead atoms. The molecule has 0 N–H and O–H groups in total. The van der Waals surface area contributed by atoms with Crippen molar-refractivity contribution in [3.05, 3.63) is 17.6 Å². The van der Waals surface area contributed by atoms with Crippen molar-refractivity contribution in [1.29, 1.82) is 0 Å². The molecule has 0 radical (unpaired) electrons. The predicted molar refractivity (Wildman–Crippen MR) is 90.5 cm³/mol. The average molecular weight is 303 g/mol. The van der Waals surface area contributed by atoms with Crippen LogP contribution in [0.4, 0.5) is 5.82 Å². The molecule has 3 rings (SSSR count). The summed E-state index contributed by atoms with van der Waals surface area (Å²) in [4.78, 5) is 16.6. The summed E-state index contributed by atoms with van der Waals surface area (Å²) in [7, 11) is 4.55. The van der Waals surface area contributed by atoms with E-state index >= 15 is 0 Å². The van der Waals surface area contributed by atoms with E-state index in [1.54, 1.807) is 0 Å². The minimum absolute atomic E-state index is 0.359. The molecule has 0 amide bonds. The van der Waals surface area contributed by atoms with Crippen LogP contribution in [0.1, 0.15) is 31.2 Å². The van der Waals surface area contributed by atoms with Crippen molar-refractivity contribution in [3.63, 3.8) is 0 Å². The fourth-order valence-corrected chi connectivity index (χ4v) is 3.94. The van der Waals surface area contributed by atoms with Crippen LogP contribution in [-0.2, 0) is 6.42 Å². The first-order chi connectivity index (χ1) is 10.5. The van der Waals surface area contributed by atoms with Gasteiger partial charge in [-0.25, -0.2) is 9.97 Å². The van der Waals surface area contributed by atoms with E-state index in [4.69, 9.17) is 4.98 Å². The Balaban J connectivity index is 1.75. The van der Waals surface area contributed by atoms with Gasteiger partial charge in [-0.05, 0) is 40.3 Å². The summed E-state index contributed by atoms with van der Waals surface area (Å²) in [6, 6.07) is 0. The van der Waals surface area contributed by atoms with Crippen LogP contribution in [0.15, 0.2) is 6.20 Å². The Morgan fingerprint density at radius 3 is 2.55 bits per heavy atom. The minimum atomic E-state index is 0.359. The number of likely N-dealkylation sites (N-methyl/N-ethyl adjacent to an activating group) is 2. The van der Waals surface area contributed by atoms with E-state index in [1.807, 2.05) is 13.1 Å². The lowest BCUT2D eigenvalue weighted by Gasteiger charge is -2.52. The van der Waals surface area contributed by atoms with E-state index in [0.29, 0.717) is 5.54 Å². The zero-order valence-electron chi connectivity index (χ0n) is 14.5. The highest BCUT2D eigenvalue weighted by atomic mass is 15.3. The maximum absolute atomic E-state index is 4.73. The molecule has 2 aliphatic heterocycles. The standard InChI is InChI=1S/C17H29N5/c1-5-15-12-18-14(2)19-16(15)22-8-6-17(7-9-22)13-20(3)10-11-21(17)4/h12H,5-11,13H2,1-4H3. The van der Waals surface area contributed by atoms with Crippen molar-refractivity contribution in [2.75, 3.05) is 51.7 Å². The monoisotopic (exact) mass is 303 g/mol. The molecule has 0 saturated carbocycles. The normalized spacial score (nSPS) is 23.2. The fourth-order valence-electron chi connectivity index (χ4n) is 3.94. The second kappa shape index (κ2) is 6.13. The van der Waals surface area contributed by atoms with Crippen molar-refractivity contribution < 1.29 is 0 Å². The van der Waals surface area contributed by atoms with Gasteiger partial charge in [-0.15, -0.1) is 0 Å². The van der Waals surface area contributed by atoms with Crippen LogP contribution in [0, 0.1) is 6.92 Å². The summed E-state index contributed by atoms with van der Waals surface area (Å²) >= 11 is 0. The van der Waals surface area contributed by atoms with E-state index in [9.17, 15) is 0 Å². The molecule has 2 fully saturated rings. The van der Waals surface area contributed by atoms with Gasteiger partial charge in [0, 0.05) is 50.0 Å². The molecule has 5 nitrogen and oxygen atoms in total. The summed E-state index contributed by atoms with van der Waals surface area (Å²) in [6.45, 7) is 9.94. The molecule has 0 aliphatic carbocycles. The number of aryl methyl sites for hydroxylation is 2. The Hall–Kier alpha value is -1.20. The third kappa shape index (κ3) is 2.84. The maximum Gasteiger partial charge on any atom is 0.135 e. The highest BCUT2D eigenvalue weighted by Crippen LogP contribution is 2.33. The number of piperidine rings is 1. The van der Waals surface area contributed by atoms with Gasteiger partial charge in [-0.3, -0.25) is 4.90 Å². The Kier molecular flexibility index (Phi) is 4.37. The molecule has 1 spiro atoms. The zero-order valence-corrected chi connectivity index (χ0v) is 14.5. The highest BCUT2D eigenvalue weighted by Gasteiger charge is 2.41. The van der Waals surface area contributed by atoms with Crippen molar-refractivity contribution in [2.24, 2.45) is 0 Å². The molecule has 3 heterocycles. The predicted octanol–water partition coefficient (Wildman–Crippen LogP) is 1.56. The van der Waals surface area contributed by atoms with Crippen molar-refractivity contribution in [1.82, 2.24) is 19.8 Å². The molecule has 2 saturated heterocycles. The molecule has 2 aliphatic rings. The smallest absolute Gasteiger partial charge is 0.135 e. The lowest BCUT2D eigenvalue weighted by atomic mass is 9.83. The van der Waals surface area contributed by atoms with Crippen LogP contribution in [0.25, 0.3) is 0 Å². The number of piperazine rings is 1. The maximum atomic E-state index is 4.73. The summed E-state index contributed by atoms with van der Waals surface area (Å²) in [5.41, 5.74) is 1.63. The third-order valence-corrected chi connectivity index (χ3v) is 5.53. The second-order valence-electron chi connectivity index (χ2n) is 6.99. The van der Waals surface area contributed by atoms with Crippen LogP contribution < -0.4 is 4.90 Å². The average Bonchev–Trinajstić information content (AvgIpc) is 2.52. The van der Waals surface area contributed by atoms with E-state index in [2.05, 4.69) is 40.7 Å². The fraction of sp³-hybridized carbons (Fsp3) is 0.765. The first kappa shape index (κ1) is 15.7. The number of hydrogen-bond acceptors (Lipinski definition) is 5. The van der Waals surface area contributed by atoms with E-state index in [0.717, 1.165) is 31.2 Å². The van der Waals surface area contributed by atoms with Crippen molar-refractivity contribution in [2.45, 2.75) is 38.6 Å². The van der Waals surface area contributed by atoms with Crippen molar-refractivity contribution in [3.8, 4) is 0 Å². The van der Waals surface area contributed by atoms with Gasteiger partial charge in [0.15, 0.2) is 0 Å². The van der Waals surface area contributed by atoms with Gasteiger partial charge in [-0.2, -0.15) is 0 Å². The van der Waals surface area contributed by atoms with Crippen LogP contribution in [-0.4, -0.2) is 72.1 Å². The first-order valence-electron chi connectivity index (χ1n) is 8.51.